The van der Waals surface area contributed by atoms with Crippen LogP contribution in [0.3, 0.4) is 0 Å². The molecule has 1 N–H and O–H groups in total. The summed E-state index contributed by atoms with van der Waals surface area (Å²) in [6, 6.07) is 11.1. The van der Waals surface area contributed by atoms with E-state index in [1.807, 2.05) is 48.2 Å². The smallest absolute Gasteiger partial charge is 0.243 e. The van der Waals surface area contributed by atoms with Gasteiger partial charge in [0.25, 0.3) is 0 Å². The summed E-state index contributed by atoms with van der Waals surface area (Å²) >= 11 is 7.95. The van der Waals surface area contributed by atoms with Gasteiger partial charge in [0.2, 0.25) is 11.8 Å². The Morgan fingerprint density at radius 2 is 1.85 bits per heavy atom. The van der Waals surface area contributed by atoms with Crippen molar-refractivity contribution in [2.24, 2.45) is 10.9 Å². The van der Waals surface area contributed by atoms with Gasteiger partial charge in [-0.2, -0.15) is 0 Å². The van der Waals surface area contributed by atoms with Crippen molar-refractivity contribution in [2.45, 2.75) is 65.3 Å². The van der Waals surface area contributed by atoms with Crippen LogP contribution in [0, 0.1) is 26.7 Å². The lowest BCUT2D eigenvalue weighted by molar-refractivity contribution is -0.133. The van der Waals surface area contributed by atoms with Crippen molar-refractivity contribution in [3.63, 3.8) is 0 Å². The molecule has 1 saturated heterocycles. The average Bonchev–Trinajstić information content (AvgIpc) is 3.56. The van der Waals surface area contributed by atoms with Crippen LogP contribution in [0.2, 0.25) is 5.02 Å². The summed E-state index contributed by atoms with van der Waals surface area (Å²) in [5, 5.41) is 13.7. The molecule has 47 heavy (non-hydrogen) atoms. The fourth-order valence-corrected chi connectivity index (χ4v) is 7.71. The first-order valence-corrected chi connectivity index (χ1v) is 17.5. The van der Waals surface area contributed by atoms with Gasteiger partial charge in [-0.15, -0.1) is 21.5 Å². The topological polar surface area (TPSA) is 105 Å². The molecule has 1 atom stereocenters. The molecule has 6 rings (SSSR count). The Labute approximate surface area is 284 Å². The number of carbonyl (C=O) groups is 2. The second-order valence-electron chi connectivity index (χ2n) is 12.3. The number of nitrogens with one attached hydrogen (secondary N) is 1. The summed E-state index contributed by atoms with van der Waals surface area (Å²) in [5.74, 6) is 2.08. The molecule has 0 spiro atoms. The lowest BCUT2D eigenvalue weighted by Crippen LogP contribution is -2.39. The van der Waals surface area contributed by atoms with Gasteiger partial charge in [0.15, 0.2) is 5.82 Å². The number of aliphatic imine (C=N–C) groups is 1. The first-order valence-electron chi connectivity index (χ1n) is 16.3. The van der Waals surface area contributed by atoms with Gasteiger partial charge < -0.3 is 10.2 Å². The van der Waals surface area contributed by atoms with Crippen LogP contribution in [0.15, 0.2) is 59.9 Å². The maximum absolute atomic E-state index is 13.8. The van der Waals surface area contributed by atoms with E-state index in [-0.39, 0.29) is 18.2 Å². The fraction of sp³-hybridized carbons (Fsp3) is 0.389. The minimum Gasteiger partial charge on any atom is -0.353 e. The minimum atomic E-state index is -0.458. The lowest BCUT2D eigenvalue weighted by Gasteiger charge is -2.32. The number of aromatic nitrogens is 4. The zero-order chi connectivity index (χ0) is 32.9. The number of carbonyl (C=O) groups excluding carboxylic acids is 2. The Hall–Kier alpha value is -4.15. The number of nitrogens with zero attached hydrogens (tertiary/aromatic N) is 6. The largest absolute Gasteiger partial charge is 0.353 e. The molecule has 0 bridgehead atoms. The molecule has 9 nitrogen and oxygen atoms in total. The summed E-state index contributed by atoms with van der Waals surface area (Å²) < 4.78 is 2.09. The number of pyridine rings is 1. The third kappa shape index (κ3) is 7.55. The number of rotatable bonds is 10. The summed E-state index contributed by atoms with van der Waals surface area (Å²) in [5.41, 5.74) is 4.97. The molecule has 244 valence electrons. The van der Waals surface area contributed by atoms with Gasteiger partial charge in [0, 0.05) is 59.1 Å². The van der Waals surface area contributed by atoms with Gasteiger partial charge in [0.05, 0.1) is 12.1 Å². The Morgan fingerprint density at radius 1 is 1.06 bits per heavy atom. The highest BCUT2D eigenvalue weighted by atomic mass is 35.5. The van der Waals surface area contributed by atoms with Gasteiger partial charge in [-0.05, 0) is 81.4 Å². The van der Waals surface area contributed by atoms with E-state index in [4.69, 9.17) is 16.6 Å². The highest BCUT2D eigenvalue weighted by Crippen LogP contribution is 2.40. The molecule has 0 saturated carbocycles. The van der Waals surface area contributed by atoms with Gasteiger partial charge >= 0.3 is 0 Å². The molecule has 4 aromatic rings. The molecule has 2 aliphatic heterocycles. The van der Waals surface area contributed by atoms with Crippen molar-refractivity contribution in [3.8, 4) is 5.00 Å². The van der Waals surface area contributed by atoms with Crippen molar-refractivity contribution in [1.82, 2.24) is 30.0 Å². The van der Waals surface area contributed by atoms with Crippen LogP contribution in [0.5, 0.6) is 0 Å². The van der Waals surface area contributed by atoms with E-state index in [0.29, 0.717) is 23.3 Å². The SMILES string of the molecule is Cc1sc2c(c1C)C(c1ccc(Cl)cc1)=N[C@@H](CC(=O)N1CCC(CCCCNC(=O)/C=C/c3cccnc3)CC1)c1nnc(C)n1-2. The molecular formula is C36H40ClN7O2S. The quantitative estimate of drug-likeness (QED) is 0.147. The monoisotopic (exact) mass is 669 g/mol. The van der Waals surface area contributed by atoms with Crippen LogP contribution in [-0.2, 0) is 9.59 Å². The Morgan fingerprint density at radius 3 is 2.60 bits per heavy atom. The van der Waals surface area contributed by atoms with Crippen LogP contribution in [0.4, 0.5) is 0 Å². The number of fused-ring (bicyclic) bond motifs is 3. The van der Waals surface area contributed by atoms with Gasteiger partial charge in [0.1, 0.15) is 16.9 Å². The molecule has 0 aliphatic carbocycles. The number of amides is 2. The van der Waals surface area contributed by atoms with E-state index in [0.717, 1.165) is 78.4 Å². The average molecular weight is 670 g/mol. The fourth-order valence-electron chi connectivity index (χ4n) is 6.37. The molecule has 1 fully saturated rings. The van der Waals surface area contributed by atoms with Crippen LogP contribution in [0.1, 0.15) is 83.3 Å². The van der Waals surface area contributed by atoms with E-state index in [2.05, 4.69) is 38.9 Å². The summed E-state index contributed by atoms with van der Waals surface area (Å²) in [4.78, 5) is 38.4. The number of benzene rings is 1. The number of halogens is 1. The summed E-state index contributed by atoms with van der Waals surface area (Å²) in [6.45, 7) is 8.36. The molecule has 1 aromatic carbocycles. The third-order valence-corrected chi connectivity index (χ3v) is 10.6. The Kier molecular flexibility index (Phi) is 10.3. The van der Waals surface area contributed by atoms with Crippen molar-refractivity contribution in [1.29, 1.82) is 0 Å². The first-order chi connectivity index (χ1) is 22.8. The van der Waals surface area contributed by atoms with Crippen LogP contribution < -0.4 is 5.32 Å². The maximum Gasteiger partial charge on any atom is 0.243 e. The van der Waals surface area contributed by atoms with E-state index >= 15 is 0 Å². The number of thiophene rings is 1. The normalized spacial score (nSPS) is 16.5. The number of aryl methyl sites for hydroxylation is 2. The van der Waals surface area contributed by atoms with E-state index in [9.17, 15) is 9.59 Å². The molecular weight excluding hydrogens is 630 g/mol. The molecule has 0 radical (unpaired) electrons. The van der Waals surface area contributed by atoms with Crippen LogP contribution >= 0.6 is 22.9 Å². The zero-order valence-electron chi connectivity index (χ0n) is 27.1. The summed E-state index contributed by atoms with van der Waals surface area (Å²) in [6.07, 6.45) is 12.1. The summed E-state index contributed by atoms with van der Waals surface area (Å²) in [7, 11) is 0. The molecule has 2 aliphatic rings. The molecule has 11 heteroatoms. The second-order valence-corrected chi connectivity index (χ2v) is 14.0. The Balaban J connectivity index is 1.05. The minimum absolute atomic E-state index is 0.0896. The van der Waals surface area contributed by atoms with Gasteiger partial charge in [-0.25, -0.2) is 0 Å². The van der Waals surface area contributed by atoms with Crippen molar-refractivity contribution < 1.29 is 9.59 Å². The highest BCUT2D eigenvalue weighted by Gasteiger charge is 2.34. The first kappa shape index (κ1) is 32.8. The highest BCUT2D eigenvalue weighted by molar-refractivity contribution is 7.15. The standard InChI is InChI=1S/C36H40ClN7O2S/c1-23-24(2)47-36-33(23)34(28-10-12-29(37)13-11-28)40-30(35-42-41-25(3)44(35)36)21-32(46)43-19-15-26(16-20-43)7-4-5-18-39-31(45)14-9-27-8-6-17-38-22-27/h6,8-14,17,22,26,30H,4-5,7,15-16,18-21H2,1-3H3,(H,39,45)/b14-9+/t30-/m0/s1. The van der Waals surface area contributed by atoms with E-state index in [1.54, 1.807) is 35.9 Å². The van der Waals surface area contributed by atoms with E-state index in [1.165, 1.54) is 10.4 Å². The van der Waals surface area contributed by atoms with Crippen molar-refractivity contribution in [2.75, 3.05) is 19.6 Å². The second kappa shape index (κ2) is 14.7. The third-order valence-electron chi connectivity index (χ3n) is 9.14. The number of hydrogen-bond acceptors (Lipinski definition) is 7. The number of unbranched alkanes of at least 4 members (excludes halogenated alkanes) is 1. The zero-order valence-corrected chi connectivity index (χ0v) is 28.7. The maximum atomic E-state index is 13.8. The predicted molar refractivity (Wildman–Crippen MR) is 187 cm³/mol. The van der Waals surface area contributed by atoms with Gasteiger partial charge in [-0.3, -0.25) is 24.1 Å². The number of likely N-dealkylation sites (tertiary alicyclic amines) is 1. The number of hydrogen-bond donors (Lipinski definition) is 1. The molecule has 2 amide bonds. The van der Waals surface area contributed by atoms with E-state index < -0.39 is 6.04 Å². The molecule has 5 heterocycles. The van der Waals surface area contributed by atoms with Crippen molar-refractivity contribution >= 4 is 46.5 Å². The lowest BCUT2D eigenvalue weighted by atomic mass is 9.91. The molecule has 0 unspecified atom stereocenters. The predicted octanol–water partition coefficient (Wildman–Crippen LogP) is 6.82. The van der Waals surface area contributed by atoms with Crippen LogP contribution in [-0.4, -0.2) is 61.8 Å². The molecule has 3 aromatic heterocycles. The van der Waals surface area contributed by atoms with Crippen molar-refractivity contribution in [3.05, 3.63) is 98.7 Å². The Bertz CT molecular complexity index is 1790. The number of piperidine rings is 1. The van der Waals surface area contributed by atoms with Gasteiger partial charge in [-0.1, -0.05) is 42.6 Å². The van der Waals surface area contributed by atoms with Crippen LogP contribution in [0.25, 0.3) is 11.1 Å².